The summed E-state index contributed by atoms with van der Waals surface area (Å²) in [5.41, 5.74) is 0.846. The number of nitrogens with zero attached hydrogens (tertiary/aromatic N) is 3. The zero-order chi connectivity index (χ0) is 13.5. The van der Waals surface area contributed by atoms with Gasteiger partial charge in [-0.1, -0.05) is 0 Å². The number of hydrogen-bond donors (Lipinski definition) is 2. The first-order chi connectivity index (χ1) is 8.56. The van der Waals surface area contributed by atoms with E-state index in [4.69, 9.17) is 4.74 Å². The summed E-state index contributed by atoms with van der Waals surface area (Å²) in [7, 11) is 4.96. The summed E-state index contributed by atoms with van der Waals surface area (Å²) in [6.45, 7) is 2.98. The van der Waals surface area contributed by atoms with Gasteiger partial charge in [0, 0.05) is 27.2 Å². The van der Waals surface area contributed by atoms with Gasteiger partial charge in [0.25, 0.3) is 0 Å². The molecule has 1 rings (SSSR count). The smallest absolute Gasteiger partial charge is 0.316 e. The maximum absolute atomic E-state index is 11.3. The van der Waals surface area contributed by atoms with Crippen molar-refractivity contribution >= 4 is 11.8 Å². The molecule has 0 fully saturated rings. The van der Waals surface area contributed by atoms with E-state index in [9.17, 15) is 4.79 Å². The molecule has 0 radical (unpaired) electrons. The lowest BCUT2D eigenvalue weighted by Crippen LogP contribution is -2.37. The van der Waals surface area contributed by atoms with Gasteiger partial charge >= 0.3 is 6.03 Å². The van der Waals surface area contributed by atoms with E-state index in [-0.39, 0.29) is 6.03 Å². The van der Waals surface area contributed by atoms with E-state index in [1.807, 2.05) is 6.92 Å². The number of aromatic nitrogens is 2. The Hall–Kier alpha value is -2.05. The van der Waals surface area contributed by atoms with E-state index in [2.05, 4.69) is 20.6 Å². The van der Waals surface area contributed by atoms with Gasteiger partial charge in [0.05, 0.1) is 12.7 Å². The third kappa shape index (κ3) is 3.76. The first-order valence-corrected chi connectivity index (χ1v) is 5.61. The number of rotatable bonds is 5. The summed E-state index contributed by atoms with van der Waals surface area (Å²) in [4.78, 5) is 20.8. The number of hydrogen-bond acceptors (Lipinski definition) is 5. The average molecular weight is 253 g/mol. The average Bonchev–Trinajstić information content (AvgIpc) is 2.35. The Bertz CT molecular complexity index is 408. The quantitative estimate of drug-likeness (QED) is 0.746. The molecule has 0 saturated carbocycles. The van der Waals surface area contributed by atoms with Crippen molar-refractivity contribution in [1.29, 1.82) is 0 Å². The fourth-order valence-corrected chi connectivity index (χ4v) is 1.33. The molecular weight excluding hydrogens is 234 g/mol. The van der Waals surface area contributed by atoms with Gasteiger partial charge in [-0.2, -0.15) is 0 Å². The topological polar surface area (TPSA) is 79.4 Å². The van der Waals surface area contributed by atoms with Gasteiger partial charge in [-0.15, -0.1) is 0 Å². The molecule has 0 aliphatic carbocycles. The van der Waals surface area contributed by atoms with Crippen LogP contribution >= 0.6 is 0 Å². The molecule has 0 atom stereocenters. The Morgan fingerprint density at radius 1 is 1.39 bits per heavy atom. The minimum atomic E-state index is -0.117. The number of carbonyl (C=O) groups excluding carboxylic acids is 1. The number of nitrogens with one attached hydrogen (secondary N) is 2. The Morgan fingerprint density at radius 3 is 2.72 bits per heavy atom. The summed E-state index contributed by atoms with van der Waals surface area (Å²) >= 11 is 0. The maximum atomic E-state index is 11.3. The monoisotopic (exact) mass is 253 g/mol. The molecule has 0 saturated heterocycles. The summed E-state index contributed by atoms with van der Waals surface area (Å²) < 4.78 is 5.09. The first kappa shape index (κ1) is 14.0. The number of ether oxygens (including phenoxy) is 1. The van der Waals surface area contributed by atoms with Gasteiger partial charge < -0.3 is 20.3 Å². The molecule has 100 valence electrons. The Labute approximate surface area is 107 Å². The Balaban J connectivity index is 2.42. The van der Waals surface area contributed by atoms with Gasteiger partial charge in [-0.25, -0.2) is 14.8 Å². The van der Waals surface area contributed by atoms with Crippen LogP contribution in [0.3, 0.4) is 0 Å². The first-order valence-electron chi connectivity index (χ1n) is 5.61. The summed E-state index contributed by atoms with van der Waals surface area (Å²) in [6.07, 6.45) is 1.44. The molecule has 2 N–H and O–H groups in total. The SMILES string of the molecule is COc1ncnc(NCCNC(=O)N(C)C)c1C. The second kappa shape index (κ2) is 6.63. The highest BCUT2D eigenvalue weighted by molar-refractivity contribution is 5.73. The number of urea groups is 1. The standard InChI is InChI=1S/C11H19N5O2/c1-8-9(14-7-15-10(8)18-4)12-5-6-13-11(17)16(2)3/h7H,5-6H2,1-4H3,(H,13,17)(H,12,14,15). The van der Waals surface area contributed by atoms with Crippen LogP contribution in [0.1, 0.15) is 5.56 Å². The van der Waals surface area contributed by atoms with Gasteiger partial charge in [0.2, 0.25) is 5.88 Å². The fraction of sp³-hybridized carbons (Fsp3) is 0.545. The van der Waals surface area contributed by atoms with Crippen LogP contribution in [-0.2, 0) is 0 Å². The Morgan fingerprint density at radius 2 is 2.11 bits per heavy atom. The number of carbonyl (C=O) groups is 1. The highest BCUT2D eigenvalue weighted by atomic mass is 16.5. The second-order valence-corrected chi connectivity index (χ2v) is 3.91. The van der Waals surface area contributed by atoms with E-state index in [0.29, 0.717) is 24.8 Å². The predicted molar refractivity (Wildman–Crippen MR) is 68.9 cm³/mol. The van der Waals surface area contributed by atoms with E-state index in [0.717, 1.165) is 5.56 Å². The van der Waals surface area contributed by atoms with Crippen molar-refractivity contribution in [3.05, 3.63) is 11.9 Å². The van der Waals surface area contributed by atoms with Crippen LogP contribution in [0.25, 0.3) is 0 Å². The highest BCUT2D eigenvalue weighted by Gasteiger charge is 2.06. The third-order valence-corrected chi connectivity index (χ3v) is 2.33. The Kier molecular flexibility index (Phi) is 5.16. The van der Waals surface area contributed by atoms with E-state index >= 15 is 0 Å². The largest absolute Gasteiger partial charge is 0.481 e. The number of anilines is 1. The maximum Gasteiger partial charge on any atom is 0.316 e. The van der Waals surface area contributed by atoms with Crippen LogP contribution in [0, 0.1) is 6.92 Å². The van der Waals surface area contributed by atoms with Crippen LogP contribution in [0.5, 0.6) is 5.88 Å². The minimum absolute atomic E-state index is 0.117. The van der Waals surface area contributed by atoms with Crippen molar-refractivity contribution in [3.63, 3.8) is 0 Å². The fourth-order valence-electron chi connectivity index (χ4n) is 1.33. The molecule has 7 heteroatoms. The molecule has 1 heterocycles. The van der Waals surface area contributed by atoms with Crippen molar-refractivity contribution < 1.29 is 9.53 Å². The molecule has 0 unspecified atom stereocenters. The lowest BCUT2D eigenvalue weighted by molar-refractivity contribution is 0.218. The molecule has 0 aliphatic heterocycles. The van der Waals surface area contributed by atoms with E-state index in [1.165, 1.54) is 11.2 Å². The van der Waals surface area contributed by atoms with Crippen molar-refractivity contribution in [2.75, 3.05) is 39.6 Å². The molecule has 0 aliphatic rings. The van der Waals surface area contributed by atoms with Crippen LogP contribution in [0.15, 0.2) is 6.33 Å². The molecular formula is C11H19N5O2. The summed E-state index contributed by atoms with van der Waals surface area (Å²) in [5, 5.41) is 5.87. The lowest BCUT2D eigenvalue weighted by Gasteiger charge is -2.13. The third-order valence-electron chi connectivity index (χ3n) is 2.33. The highest BCUT2D eigenvalue weighted by Crippen LogP contribution is 2.19. The molecule has 0 aromatic carbocycles. The van der Waals surface area contributed by atoms with Crippen molar-refractivity contribution in [1.82, 2.24) is 20.2 Å². The van der Waals surface area contributed by atoms with Crippen LogP contribution in [0.4, 0.5) is 10.6 Å². The van der Waals surface area contributed by atoms with Crippen molar-refractivity contribution in [2.24, 2.45) is 0 Å². The number of amides is 2. The molecule has 2 amide bonds. The molecule has 7 nitrogen and oxygen atoms in total. The van der Waals surface area contributed by atoms with Crippen molar-refractivity contribution in [2.45, 2.75) is 6.92 Å². The zero-order valence-electron chi connectivity index (χ0n) is 11.1. The van der Waals surface area contributed by atoms with Gasteiger partial charge in [-0.05, 0) is 6.92 Å². The van der Waals surface area contributed by atoms with Crippen molar-refractivity contribution in [3.8, 4) is 5.88 Å². The van der Waals surface area contributed by atoms with Gasteiger partial charge in [0.1, 0.15) is 12.1 Å². The van der Waals surface area contributed by atoms with Crippen LogP contribution < -0.4 is 15.4 Å². The normalized spacial score (nSPS) is 9.78. The van der Waals surface area contributed by atoms with Gasteiger partial charge in [-0.3, -0.25) is 0 Å². The zero-order valence-corrected chi connectivity index (χ0v) is 11.1. The lowest BCUT2D eigenvalue weighted by atomic mass is 10.3. The van der Waals surface area contributed by atoms with Gasteiger partial charge in [0.15, 0.2) is 0 Å². The summed E-state index contributed by atoms with van der Waals surface area (Å²) in [5.74, 6) is 1.26. The predicted octanol–water partition coefficient (Wildman–Crippen LogP) is 0.477. The number of methoxy groups -OCH3 is 1. The molecule has 0 bridgehead atoms. The molecule has 1 aromatic heterocycles. The van der Waals surface area contributed by atoms with Crippen LogP contribution in [0.2, 0.25) is 0 Å². The van der Waals surface area contributed by atoms with E-state index in [1.54, 1.807) is 21.2 Å². The van der Waals surface area contributed by atoms with E-state index < -0.39 is 0 Å². The minimum Gasteiger partial charge on any atom is -0.481 e. The summed E-state index contributed by atoms with van der Waals surface area (Å²) in [6, 6.07) is -0.117. The molecule has 0 spiro atoms. The molecule has 18 heavy (non-hydrogen) atoms. The second-order valence-electron chi connectivity index (χ2n) is 3.91. The van der Waals surface area contributed by atoms with Crippen LogP contribution in [-0.4, -0.2) is 55.2 Å². The molecule has 1 aromatic rings.